The Morgan fingerprint density at radius 2 is 1.05 bits per heavy atom. The average molecular weight is 789 g/mol. The van der Waals surface area contributed by atoms with Crippen molar-refractivity contribution in [3.63, 3.8) is 0 Å². The van der Waals surface area contributed by atoms with Crippen molar-refractivity contribution in [2.45, 2.75) is 94.4 Å². The summed E-state index contributed by atoms with van der Waals surface area (Å²) in [5, 5.41) is 0. The van der Waals surface area contributed by atoms with Gasteiger partial charge in [0.1, 0.15) is 36.6 Å². The molecule has 3 saturated heterocycles. The van der Waals surface area contributed by atoms with Crippen LogP contribution in [0.2, 0.25) is 0 Å². The van der Waals surface area contributed by atoms with E-state index in [0.717, 1.165) is 27.8 Å². The number of rotatable bonds is 17. The summed E-state index contributed by atoms with van der Waals surface area (Å²) in [5.41, 5.74) is 5.07. The van der Waals surface area contributed by atoms with Crippen molar-refractivity contribution in [3.8, 4) is 0 Å². The minimum atomic E-state index is -0.767. The van der Waals surface area contributed by atoms with Crippen LogP contribution in [-0.4, -0.2) is 75.6 Å². The molecule has 5 aromatic rings. The Balaban J connectivity index is 1.09. The number of benzene rings is 5. The van der Waals surface area contributed by atoms with Gasteiger partial charge in [-0.25, -0.2) is 0 Å². The van der Waals surface area contributed by atoms with Gasteiger partial charge in [0, 0.05) is 19.1 Å². The molecule has 0 amide bonds. The minimum Gasteiger partial charge on any atom is -0.374 e. The van der Waals surface area contributed by atoms with Crippen molar-refractivity contribution >= 4 is 0 Å². The van der Waals surface area contributed by atoms with E-state index < -0.39 is 61.6 Å². The lowest BCUT2D eigenvalue weighted by Crippen LogP contribution is -2.65. The van der Waals surface area contributed by atoms with Crippen LogP contribution in [0.25, 0.3) is 0 Å². The maximum atomic E-state index is 7.13. The molecule has 3 aliphatic rings. The van der Waals surface area contributed by atoms with E-state index >= 15 is 0 Å². The molecule has 3 heterocycles. The van der Waals surface area contributed by atoms with Crippen molar-refractivity contribution in [1.82, 2.24) is 0 Å². The molecule has 0 spiro atoms. The van der Waals surface area contributed by atoms with E-state index in [2.05, 4.69) is 24.3 Å². The van der Waals surface area contributed by atoms with E-state index in [0.29, 0.717) is 32.8 Å². The van der Waals surface area contributed by atoms with Crippen molar-refractivity contribution in [3.05, 3.63) is 179 Å². The first-order valence-electron chi connectivity index (χ1n) is 20.1. The number of fused-ring (bicyclic) bond motifs is 1. The van der Waals surface area contributed by atoms with Crippen LogP contribution >= 0.6 is 0 Å². The van der Waals surface area contributed by atoms with E-state index in [1.165, 1.54) is 0 Å². The van der Waals surface area contributed by atoms with Gasteiger partial charge in [0.2, 0.25) is 0 Å². The highest BCUT2D eigenvalue weighted by atomic mass is 16.8. The summed E-state index contributed by atoms with van der Waals surface area (Å²) in [6.45, 7) is 2.00. The van der Waals surface area contributed by atoms with Crippen LogP contribution in [0.1, 0.15) is 40.5 Å². The molecule has 0 radical (unpaired) electrons. The van der Waals surface area contributed by atoms with Crippen LogP contribution in [0.3, 0.4) is 0 Å². The van der Waals surface area contributed by atoms with Crippen LogP contribution in [0.5, 0.6) is 0 Å². The number of hydrogen-bond acceptors (Lipinski definition) is 10. The highest BCUT2D eigenvalue weighted by Crippen LogP contribution is 2.39. The molecule has 8 rings (SSSR count). The largest absolute Gasteiger partial charge is 0.374 e. The molecule has 0 aromatic heterocycles. The summed E-state index contributed by atoms with van der Waals surface area (Å²) in [6.07, 6.45) is -5.66. The molecule has 3 aliphatic heterocycles. The van der Waals surface area contributed by atoms with Crippen molar-refractivity contribution in [1.29, 1.82) is 0 Å². The summed E-state index contributed by atoms with van der Waals surface area (Å²) < 4.78 is 65.9. The summed E-state index contributed by atoms with van der Waals surface area (Å²) >= 11 is 0. The Labute approximate surface area is 340 Å². The Morgan fingerprint density at radius 1 is 0.534 bits per heavy atom. The number of ether oxygens (including phenoxy) is 10. The molecule has 0 N–H and O–H groups in total. The van der Waals surface area contributed by atoms with Crippen LogP contribution in [-0.2, 0) is 73.8 Å². The third-order valence-corrected chi connectivity index (χ3v) is 10.7. The summed E-state index contributed by atoms with van der Waals surface area (Å²) in [5.74, 6) is 0. The normalized spacial score (nSPS) is 28.4. The fourth-order valence-electron chi connectivity index (χ4n) is 7.69. The van der Waals surface area contributed by atoms with Crippen molar-refractivity contribution in [2.75, 3.05) is 20.3 Å². The van der Waals surface area contributed by atoms with Gasteiger partial charge in [-0.15, -0.1) is 0 Å². The summed E-state index contributed by atoms with van der Waals surface area (Å²) in [4.78, 5) is 0. The van der Waals surface area contributed by atoms with Gasteiger partial charge in [0.05, 0.1) is 45.7 Å². The first kappa shape index (κ1) is 40.5. The smallest absolute Gasteiger partial charge is 0.186 e. The lowest BCUT2D eigenvalue weighted by molar-refractivity contribution is -0.388. The molecule has 10 unspecified atom stereocenters. The molecule has 0 aliphatic carbocycles. The second-order valence-corrected chi connectivity index (χ2v) is 14.8. The fraction of sp³-hybridized carbons (Fsp3) is 0.375. The fourth-order valence-corrected chi connectivity index (χ4v) is 7.69. The Hall–Kier alpha value is -4.30. The van der Waals surface area contributed by atoms with Gasteiger partial charge in [-0.1, -0.05) is 152 Å². The Bertz CT molecular complexity index is 1900. The van der Waals surface area contributed by atoms with Crippen molar-refractivity contribution < 1.29 is 47.4 Å². The van der Waals surface area contributed by atoms with Gasteiger partial charge in [-0.05, 0) is 22.3 Å². The van der Waals surface area contributed by atoms with Crippen LogP contribution < -0.4 is 0 Å². The maximum absolute atomic E-state index is 7.13. The monoisotopic (exact) mass is 788 g/mol. The molecule has 5 aromatic carbocycles. The van der Waals surface area contributed by atoms with Gasteiger partial charge < -0.3 is 47.4 Å². The Kier molecular flexibility index (Phi) is 14.4. The quantitative estimate of drug-likeness (QED) is 0.0925. The molecular formula is C48H52O10. The number of methoxy groups -OCH3 is 1. The molecule has 10 nitrogen and oxygen atoms in total. The Morgan fingerprint density at radius 3 is 1.62 bits per heavy atom. The molecule has 3 fully saturated rings. The predicted molar refractivity (Wildman–Crippen MR) is 215 cm³/mol. The second-order valence-electron chi connectivity index (χ2n) is 14.8. The zero-order chi connectivity index (χ0) is 39.4. The van der Waals surface area contributed by atoms with Crippen LogP contribution in [0, 0.1) is 0 Å². The maximum Gasteiger partial charge on any atom is 0.186 e. The van der Waals surface area contributed by atoms with E-state index in [4.69, 9.17) is 47.4 Å². The number of hydrogen-bond donors (Lipinski definition) is 0. The summed E-state index contributed by atoms with van der Waals surface area (Å²) in [6, 6.07) is 50.2. The highest BCUT2D eigenvalue weighted by molar-refractivity contribution is 5.18. The first-order valence-corrected chi connectivity index (χ1v) is 20.1. The van der Waals surface area contributed by atoms with Gasteiger partial charge in [-0.2, -0.15) is 0 Å². The zero-order valence-corrected chi connectivity index (χ0v) is 32.7. The molecule has 304 valence electrons. The molecule has 58 heavy (non-hydrogen) atoms. The first-order chi connectivity index (χ1) is 28.7. The molecule has 0 bridgehead atoms. The third-order valence-electron chi connectivity index (χ3n) is 10.7. The second kappa shape index (κ2) is 20.6. The van der Waals surface area contributed by atoms with Gasteiger partial charge in [0.15, 0.2) is 18.9 Å². The molecule has 0 saturated carbocycles. The predicted octanol–water partition coefficient (Wildman–Crippen LogP) is 7.95. The standard InChI is InChI=1S/C48H52O10/c1-49-48-46(53-31-37-23-13-5-14-24-37)45(44-41(56-48)33-54-47(58-44)38-25-15-6-16-26-38)57-42-27-39(51-29-35-19-9-3-10-20-35)43(52-30-36-21-11-4-12-22-36)40(55-42)32-50-28-34-17-7-2-8-18-34/h2-26,39-48H,27-33H2,1H3. The van der Waals surface area contributed by atoms with E-state index in [-0.39, 0.29) is 13.2 Å². The summed E-state index contributed by atoms with van der Waals surface area (Å²) in [7, 11) is 1.61. The molecular weight excluding hydrogens is 737 g/mol. The SMILES string of the molecule is COC1OC2COC(c3ccccc3)OC2C(OC2CC(OCc3ccccc3)C(OCc3ccccc3)C(COCc3ccccc3)O2)C1OCc1ccccc1. The topological polar surface area (TPSA) is 92.3 Å². The molecule has 10 atom stereocenters. The lowest BCUT2D eigenvalue weighted by Gasteiger charge is -2.50. The van der Waals surface area contributed by atoms with E-state index in [1.54, 1.807) is 7.11 Å². The van der Waals surface area contributed by atoms with Crippen molar-refractivity contribution in [2.24, 2.45) is 0 Å². The lowest BCUT2D eigenvalue weighted by atomic mass is 9.96. The van der Waals surface area contributed by atoms with Crippen LogP contribution in [0.4, 0.5) is 0 Å². The van der Waals surface area contributed by atoms with Gasteiger partial charge in [0.25, 0.3) is 0 Å². The highest BCUT2D eigenvalue weighted by Gasteiger charge is 2.53. The van der Waals surface area contributed by atoms with Gasteiger partial charge >= 0.3 is 0 Å². The zero-order valence-electron chi connectivity index (χ0n) is 32.7. The molecule has 10 heteroatoms. The van der Waals surface area contributed by atoms with E-state index in [9.17, 15) is 0 Å². The minimum absolute atomic E-state index is 0.244. The van der Waals surface area contributed by atoms with E-state index in [1.807, 2.05) is 127 Å². The van der Waals surface area contributed by atoms with Gasteiger partial charge in [-0.3, -0.25) is 0 Å². The third kappa shape index (κ3) is 10.7. The van der Waals surface area contributed by atoms with Crippen LogP contribution in [0.15, 0.2) is 152 Å². The average Bonchev–Trinajstić information content (AvgIpc) is 3.29.